The second kappa shape index (κ2) is 9.23. The van der Waals surface area contributed by atoms with E-state index in [0.717, 1.165) is 24.8 Å². The normalized spacial score (nSPS) is 15.1. The van der Waals surface area contributed by atoms with Crippen molar-refractivity contribution in [1.29, 1.82) is 0 Å². The van der Waals surface area contributed by atoms with Crippen molar-refractivity contribution >= 4 is 37.5 Å². The largest absolute Gasteiger partial charge is 0.483 e. The molecule has 2 aromatic rings. The van der Waals surface area contributed by atoms with E-state index in [2.05, 4.69) is 21.2 Å². The molecule has 1 saturated heterocycles. The number of halogens is 2. The highest BCUT2D eigenvalue weighted by Crippen LogP contribution is 2.27. The van der Waals surface area contributed by atoms with Crippen molar-refractivity contribution in [2.45, 2.75) is 31.1 Å². The molecule has 156 valence electrons. The molecule has 1 aliphatic heterocycles. The molecule has 29 heavy (non-hydrogen) atoms. The number of piperidine rings is 1. The van der Waals surface area contributed by atoms with E-state index >= 15 is 0 Å². The number of ether oxygens (including phenoxy) is 1. The molecule has 1 N–H and O–H groups in total. The molecule has 0 aliphatic carbocycles. The van der Waals surface area contributed by atoms with Crippen LogP contribution in [0, 0.1) is 12.7 Å². The third kappa shape index (κ3) is 5.34. The average molecular weight is 485 g/mol. The number of hydrogen-bond acceptors (Lipinski definition) is 4. The van der Waals surface area contributed by atoms with Gasteiger partial charge in [0.05, 0.1) is 9.37 Å². The summed E-state index contributed by atoms with van der Waals surface area (Å²) in [5.74, 6) is -0.535. The molecular formula is C20H22BrFN2O4S. The van der Waals surface area contributed by atoms with E-state index in [4.69, 9.17) is 4.74 Å². The molecular weight excluding hydrogens is 463 g/mol. The molecule has 0 radical (unpaired) electrons. The molecule has 0 saturated carbocycles. The number of nitrogens with one attached hydrogen (secondary N) is 1. The number of nitrogens with zero attached hydrogens (tertiary/aromatic N) is 1. The number of benzene rings is 2. The van der Waals surface area contributed by atoms with Crippen LogP contribution in [0.2, 0.25) is 0 Å². The van der Waals surface area contributed by atoms with Crippen molar-refractivity contribution < 1.29 is 22.3 Å². The maximum atomic E-state index is 13.1. The van der Waals surface area contributed by atoms with Crippen molar-refractivity contribution in [3.05, 3.63) is 52.3 Å². The highest BCUT2D eigenvalue weighted by Gasteiger charge is 2.26. The first-order valence-electron chi connectivity index (χ1n) is 9.26. The van der Waals surface area contributed by atoms with E-state index in [1.807, 2.05) is 0 Å². The summed E-state index contributed by atoms with van der Waals surface area (Å²) >= 11 is 3.18. The maximum Gasteiger partial charge on any atom is 0.262 e. The third-order valence-corrected chi connectivity index (χ3v) is 7.20. The summed E-state index contributed by atoms with van der Waals surface area (Å²) in [7, 11) is -3.59. The first kappa shape index (κ1) is 21.7. The number of carbonyl (C=O) groups excluding carboxylic acids is 1. The van der Waals surface area contributed by atoms with Gasteiger partial charge < -0.3 is 10.1 Å². The van der Waals surface area contributed by atoms with E-state index in [1.54, 1.807) is 19.1 Å². The fraction of sp³-hybridized carbons (Fsp3) is 0.350. The monoisotopic (exact) mass is 484 g/mol. The average Bonchev–Trinajstić information content (AvgIpc) is 2.69. The van der Waals surface area contributed by atoms with Gasteiger partial charge in [0.25, 0.3) is 5.91 Å². The van der Waals surface area contributed by atoms with Crippen LogP contribution in [0.4, 0.5) is 10.1 Å². The molecule has 1 fully saturated rings. The molecule has 6 nitrogen and oxygen atoms in total. The Balaban J connectivity index is 1.70. The molecule has 2 aromatic carbocycles. The van der Waals surface area contributed by atoms with Gasteiger partial charge in [-0.05, 0) is 71.6 Å². The first-order valence-corrected chi connectivity index (χ1v) is 11.5. The van der Waals surface area contributed by atoms with Crippen LogP contribution >= 0.6 is 15.9 Å². The number of aryl methyl sites for hydroxylation is 1. The third-order valence-electron chi connectivity index (χ3n) is 4.69. The summed E-state index contributed by atoms with van der Waals surface area (Å²) in [4.78, 5) is 12.4. The lowest BCUT2D eigenvalue weighted by atomic mass is 10.2. The van der Waals surface area contributed by atoms with Gasteiger partial charge in [0, 0.05) is 18.8 Å². The van der Waals surface area contributed by atoms with Crippen molar-refractivity contribution in [2.75, 3.05) is 25.0 Å². The molecule has 0 bridgehead atoms. The van der Waals surface area contributed by atoms with Gasteiger partial charge in [-0.3, -0.25) is 4.79 Å². The van der Waals surface area contributed by atoms with E-state index in [0.29, 0.717) is 29.0 Å². The number of rotatable bonds is 6. The zero-order valence-corrected chi connectivity index (χ0v) is 18.4. The van der Waals surface area contributed by atoms with Gasteiger partial charge in [-0.15, -0.1) is 0 Å². The standard InChI is InChI=1S/C20H22BrFN2O4S/c1-14-5-7-16(29(26,27)24-9-3-2-4-10-24)12-18(14)23-20(25)13-28-19-8-6-15(22)11-17(19)21/h5-8,11-12H,2-4,9-10,13H2,1H3,(H,23,25). The van der Waals surface area contributed by atoms with Gasteiger partial charge in [0.2, 0.25) is 10.0 Å². The Morgan fingerprint density at radius 1 is 1.17 bits per heavy atom. The lowest BCUT2D eigenvalue weighted by Gasteiger charge is -2.26. The van der Waals surface area contributed by atoms with Crippen LogP contribution in [0.5, 0.6) is 5.75 Å². The summed E-state index contributed by atoms with van der Waals surface area (Å²) in [5, 5.41) is 2.69. The van der Waals surface area contributed by atoms with Gasteiger partial charge in [0.15, 0.2) is 6.61 Å². The minimum absolute atomic E-state index is 0.155. The number of sulfonamides is 1. The van der Waals surface area contributed by atoms with E-state index < -0.39 is 21.7 Å². The van der Waals surface area contributed by atoms with Gasteiger partial charge in [-0.2, -0.15) is 4.31 Å². The Morgan fingerprint density at radius 2 is 1.90 bits per heavy atom. The van der Waals surface area contributed by atoms with Crippen LogP contribution in [-0.2, 0) is 14.8 Å². The van der Waals surface area contributed by atoms with Crippen LogP contribution in [0.25, 0.3) is 0 Å². The second-order valence-corrected chi connectivity index (χ2v) is 9.65. The fourth-order valence-electron chi connectivity index (χ4n) is 3.07. The molecule has 0 aromatic heterocycles. The van der Waals surface area contributed by atoms with E-state index in [-0.39, 0.29) is 11.5 Å². The Bertz CT molecular complexity index is 1010. The van der Waals surface area contributed by atoms with Crippen molar-refractivity contribution in [2.24, 2.45) is 0 Å². The fourth-order valence-corrected chi connectivity index (χ4v) is 5.08. The topological polar surface area (TPSA) is 75.7 Å². The summed E-state index contributed by atoms with van der Waals surface area (Å²) in [6.07, 6.45) is 2.74. The molecule has 3 rings (SSSR count). The highest BCUT2D eigenvalue weighted by molar-refractivity contribution is 9.10. The first-order chi connectivity index (χ1) is 13.8. The smallest absolute Gasteiger partial charge is 0.262 e. The minimum atomic E-state index is -3.59. The Hall–Kier alpha value is -1.97. The van der Waals surface area contributed by atoms with Crippen molar-refractivity contribution in [1.82, 2.24) is 4.31 Å². The van der Waals surface area contributed by atoms with Gasteiger partial charge >= 0.3 is 0 Å². The van der Waals surface area contributed by atoms with Crippen LogP contribution in [0.15, 0.2) is 45.8 Å². The molecule has 9 heteroatoms. The van der Waals surface area contributed by atoms with Crippen LogP contribution in [0.1, 0.15) is 24.8 Å². The lowest BCUT2D eigenvalue weighted by Crippen LogP contribution is -2.35. The summed E-state index contributed by atoms with van der Waals surface area (Å²) < 4.78 is 46.2. The predicted molar refractivity (Wildman–Crippen MR) is 112 cm³/mol. The van der Waals surface area contributed by atoms with Gasteiger partial charge in [0.1, 0.15) is 11.6 Å². The summed E-state index contributed by atoms with van der Waals surface area (Å²) in [6, 6.07) is 8.60. The zero-order valence-electron chi connectivity index (χ0n) is 16.0. The van der Waals surface area contributed by atoms with Gasteiger partial charge in [-0.1, -0.05) is 12.5 Å². The summed E-state index contributed by atoms with van der Waals surface area (Å²) in [6.45, 7) is 2.51. The van der Waals surface area contributed by atoms with Crippen molar-refractivity contribution in [3.63, 3.8) is 0 Å². The Labute approximate surface area is 178 Å². The summed E-state index contributed by atoms with van der Waals surface area (Å²) in [5.41, 5.74) is 1.15. The quantitative estimate of drug-likeness (QED) is 0.669. The number of carbonyl (C=O) groups is 1. The number of anilines is 1. The SMILES string of the molecule is Cc1ccc(S(=O)(=O)N2CCCCC2)cc1NC(=O)COc1ccc(F)cc1Br. The lowest BCUT2D eigenvalue weighted by molar-refractivity contribution is -0.118. The number of amides is 1. The van der Waals surface area contributed by atoms with E-state index in [9.17, 15) is 17.6 Å². The van der Waals surface area contributed by atoms with Gasteiger partial charge in [-0.25, -0.2) is 12.8 Å². The Morgan fingerprint density at radius 3 is 2.59 bits per heavy atom. The molecule has 1 heterocycles. The molecule has 0 spiro atoms. The maximum absolute atomic E-state index is 13.1. The molecule has 0 unspecified atom stereocenters. The molecule has 0 atom stereocenters. The van der Waals surface area contributed by atoms with Crippen LogP contribution < -0.4 is 10.1 Å². The zero-order chi connectivity index (χ0) is 21.0. The Kier molecular flexibility index (Phi) is 6.92. The van der Waals surface area contributed by atoms with Crippen LogP contribution in [0.3, 0.4) is 0 Å². The second-order valence-electron chi connectivity index (χ2n) is 6.85. The van der Waals surface area contributed by atoms with E-state index in [1.165, 1.54) is 28.6 Å². The highest BCUT2D eigenvalue weighted by atomic mass is 79.9. The predicted octanol–water partition coefficient (Wildman–Crippen LogP) is 4.09. The molecule has 1 amide bonds. The number of hydrogen-bond donors (Lipinski definition) is 1. The van der Waals surface area contributed by atoms with Crippen LogP contribution in [-0.4, -0.2) is 38.3 Å². The minimum Gasteiger partial charge on any atom is -0.483 e. The molecule has 1 aliphatic rings. The van der Waals surface area contributed by atoms with Crippen molar-refractivity contribution in [3.8, 4) is 5.75 Å².